The summed E-state index contributed by atoms with van der Waals surface area (Å²) in [6.45, 7) is 0. The van der Waals surface area contributed by atoms with Gasteiger partial charge in [0.15, 0.2) is 0 Å². The fourth-order valence-electron chi connectivity index (χ4n) is 0.759. The minimum Gasteiger partial charge on any atom is -0.478 e. The highest BCUT2D eigenvalue weighted by Crippen LogP contribution is 2.14. The van der Waals surface area contributed by atoms with Crippen LogP contribution < -0.4 is 0 Å². The van der Waals surface area contributed by atoms with Gasteiger partial charge in [0.05, 0.1) is 11.6 Å². The Morgan fingerprint density at radius 2 is 2.36 bits per heavy atom. The number of nitrogens with zero attached hydrogens (tertiary/aromatic N) is 1. The number of hydrogen-bond acceptors (Lipinski definition) is 2. The summed E-state index contributed by atoms with van der Waals surface area (Å²) >= 11 is 0. The van der Waals surface area contributed by atoms with Crippen molar-refractivity contribution in [3.8, 4) is 6.07 Å². The molecule has 0 bridgehead atoms. The molecule has 0 heterocycles. The summed E-state index contributed by atoms with van der Waals surface area (Å²) in [5, 5.41) is 16.7. The molecule has 0 radical (unpaired) electrons. The van der Waals surface area contributed by atoms with Gasteiger partial charge in [-0.1, -0.05) is 6.08 Å². The van der Waals surface area contributed by atoms with Crippen LogP contribution in [0.3, 0.4) is 0 Å². The van der Waals surface area contributed by atoms with Crippen molar-refractivity contribution in [3.05, 3.63) is 35.5 Å². The normalized spacial score (nSPS) is 18.1. The van der Waals surface area contributed by atoms with Gasteiger partial charge in [0, 0.05) is 6.08 Å². The van der Waals surface area contributed by atoms with Crippen LogP contribution in [0.1, 0.15) is 0 Å². The second-order valence-electron chi connectivity index (χ2n) is 2.01. The van der Waals surface area contributed by atoms with Gasteiger partial charge in [-0.2, -0.15) is 5.26 Å². The average molecular weight is 147 g/mol. The van der Waals surface area contributed by atoms with Gasteiger partial charge in [-0.05, 0) is 17.7 Å². The van der Waals surface area contributed by atoms with Crippen LogP contribution in [0.15, 0.2) is 35.5 Å². The molecule has 0 fully saturated rings. The van der Waals surface area contributed by atoms with E-state index in [2.05, 4.69) is 0 Å². The number of carboxylic acids is 1. The van der Waals surface area contributed by atoms with E-state index in [4.69, 9.17) is 10.4 Å². The summed E-state index contributed by atoms with van der Waals surface area (Å²) in [5.74, 6) is -0.970. The Morgan fingerprint density at radius 3 is 2.82 bits per heavy atom. The Balaban J connectivity index is 2.89. The zero-order valence-corrected chi connectivity index (χ0v) is 5.61. The lowest BCUT2D eigenvalue weighted by Crippen LogP contribution is -1.94. The summed E-state index contributed by atoms with van der Waals surface area (Å²) in [6, 6.07) is 1.82. The van der Waals surface area contributed by atoms with Crippen molar-refractivity contribution >= 4 is 5.97 Å². The second kappa shape index (κ2) is 2.84. The number of nitriles is 1. The molecule has 1 aliphatic carbocycles. The predicted octanol–water partition coefficient (Wildman–Crippen LogP) is 1.02. The van der Waals surface area contributed by atoms with Gasteiger partial charge in [-0.25, -0.2) is 4.79 Å². The van der Waals surface area contributed by atoms with Gasteiger partial charge < -0.3 is 5.11 Å². The molecule has 1 aliphatic rings. The fraction of sp³-hybridized carbons (Fsp3) is 0. The van der Waals surface area contributed by atoms with Crippen molar-refractivity contribution in [2.75, 3.05) is 0 Å². The number of rotatable bonds is 1. The topological polar surface area (TPSA) is 61.1 Å². The lowest BCUT2D eigenvalue weighted by molar-refractivity contribution is -0.132. The largest absolute Gasteiger partial charge is 0.478 e. The second-order valence-corrected chi connectivity index (χ2v) is 2.01. The van der Waals surface area contributed by atoms with E-state index in [9.17, 15) is 4.79 Å². The molecule has 1 rings (SSSR count). The van der Waals surface area contributed by atoms with Crippen LogP contribution >= 0.6 is 0 Å². The molecule has 11 heavy (non-hydrogen) atoms. The highest BCUT2D eigenvalue weighted by atomic mass is 16.4. The minimum atomic E-state index is -0.970. The number of hydrogen-bond donors (Lipinski definition) is 1. The molecule has 3 nitrogen and oxygen atoms in total. The molecular weight excluding hydrogens is 142 g/mol. The molecule has 1 N–H and O–H groups in total. The maximum Gasteiger partial charge on any atom is 0.335 e. The monoisotopic (exact) mass is 147 g/mol. The minimum absolute atomic E-state index is 0.214. The van der Waals surface area contributed by atoms with Crippen molar-refractivity contribution in [1.29, 1.82) is 5.26 Å². The van der Waals surface area contributed by atoms with Crippen molar-refractivity contribution in [2.45, 2.75) is 0 Å². The SMILES string of the molecule is N#C/C=C1\C=CC(C(=O)O)=C1. The summed E-state index contributed by atoms with van der Waals surface area (Å²) in [6.07, 6.45) is 5.80. The maximum absolute atomic E-state index is 10.3. The van der Waals surface area contributed by atoms with Gasteiger partial charge in [0.2, 0.25) is 0 Å². The molecule has 0 saturated carbocycles. The van der Waals surface area contributed by atoms with E-state index in [1.807, 2.05) is 6.07 Å². The first-order chi connectivity index (χ1) is 5.24. The van der Waals surface area contributed by atoms with Crippen LogP contribution in [-0.4, -0.2) is 11.1 Å². The van der Waals surface area contributed by atoms with Crippen LogP contribution in [0.4, 0.5) is 0 Å². The Hall–Kier alpha value is -1.82. The van der Waals surface area contributed by atoms with Crippen molar-refractivity contribution in [3.63, 3.8) is 0 Å². The molecule has 0 aromatic rings. The maximum atomic E-state index is 10.3. The summed E-state index contributed by atoms with van der Waals surface area (Å²) in [5.41, 5.74) is 0.844. The predicted molar refractivity (Wildman–Crippen MR) is 38.6 cm³/mol. The van der Waals surface area contributed by atoms with Crippen LogP contribution in [0, 0.1) is 11.3 Å². The van der Waals surface area contributed by atoms with Crippen LogP contribution in [0.5, 0.6) is 0 Å². The lowest BCUT2D eigenvalue weighted by Gasteiger charge is -1.84. The van der Waals surface area contributed by atoms with Crippen LogP contribution in [0.2, 0.25) is 0 Å². The smallest absolute Gasteiger partial charge is 0.335 e. The Labute approximate surface area is 63.6 Å². The molecule has 54 valence electrons. The molecule has 0 aromatic heterocycles. The zero-order chi connectivity index (χ0) is 8.27. The van der Waals surface area contributed by atoms with Gasteiger partial charge in [-0.15, -0.1) is 0 Å². The Morgan fingerprint density at radius 1 is 1.64 bits per heavy atom. The fourth-order valence-corrected chi connectivity index (χ4v) is 0.759. The summed E-state index contributed by atoms with van der Waals surface area (Å²) < 4.78 is 0. The number of aliphatic carboxylic acids is 1. The molecule has 0 spiro atoms. The highest BCUT2D eigenvalue weighted by molar-refractivity contribution is 5.92. The van der Waals surface area contributed by atoms with Crippen molar-refractivity contribution in [1.82, 2.24) is 0 Å². The van der Waals surface area contributed by atoms with Gasteiger partial charge in [0.25, 0.3) is 0 Å². The van der Waals surface area contributed by atoms with Crippen molar-refractivity contribution in [2.24, 2.45) is 0 Å². The third-order valence-electron chi connectivity index (χ3n) is 1.26. The quantitative estimate of drug-likeness (QED) is 0.563. The zero-order valence-electron chi connectivity index (χ0n) is 5.61. The van der Waals surface area contributed by atoms with E-state index in [-0.39, 0.29) is 5.57 Å². The average Bonchev–Trinajstić information content (AvgIpc) is 2.37. The third kappa shape index (κ3) is 1.55. The van der Waals surface area contributed by atoms with E-state index in [0.29, 0.717) is 5.57 Å². The molecule has 0 amide bonds. The third-order valence-corrected chi connectivity index (χ3v) is 1.26. The van der Waals surface area contributed by atoms with Crippen LogP contribution in [0.25, 0.3) is 0 Å². The van der Waals surface area contributed by atoms with Gasteiger partial charge in [0.1, 0.15) is 0 Å². The summed E-state index contributed by atoms with van der Waals surface area (Å²) in [7, 11) is 0. The Kier molecular flexibility index (Phi) is 1.88. The molecule has 0 unspecified atom stereocenters. The van der Waals surface area contributed by atoms with Crippen molar-refractivity contribution < 1.29 is 9.90 Å². The van der Waals surface area contributed by atoms with Gasteiger partial charge in [-0.3, -0.25) is 0 Å². The van der Waals surface area contributed by atoms with E-state index in [0.717, 1.165) is 0 Å². The van der Waals surface area contributed by atoms with E-state index >= 15 is 0 Å². The Bertz CT molecular complexity index is 315. The molecule has 0 aromatic carbocycles. The van der Waals surface area contributed by atoms with Gasteiger partial charge >= 0.3 is 5.97 Å². The first kappa shape index (κ1) is 7.29. The molecule has 0 atom stereocenters. The number of carbonyl (C=O) groups is 1. The molecule has 0 aliphatic heterocycles. The van der Waals surface area contributed by atoms with E-state index in [1.54, 1.807) is 6.08 Å². The first-order valence-corrected chi connectivity index (χ1v) is 2.97. The number of allylic oxidation sites excluding steroid dienone is 4. The highest BCUT2D eigenvalue weighted by Gasteiger charge is 2.07. The molecule has 3 heteroatoms. The lowest BCUT2D eigenvalue weighted by atomic mass is 10.2. The van der Waals surface area contributed by atoms with E-state index in [1.165, 1.54) is 18.2 Å². The molecular formula is C8H5NO2. The number of carboxylic acid groups (broad SMARTS) is 1. The first-order valence-electron chi connectivity index (χ1n) is 2.97. The van der Waals surface area contributed by atoms with Crippen LogP contribution in [-0.2, 0) is 4.79 Å². The standard InChI is InChI=1S/C8H5NO2/c9-4-3-6-1-2-7(5-6)8(10)11/h1-3,5H,(H,10,11)/b6-3+. The summed E-state index contributed by atoms with van der Waals surface area (Å²) in [4.78, 5) is 10.3. The van der Waals surface area contributed by atoms with E-state index < -0.39 is 5.97 Å². The molecule has 0 saturated heterocycles.